The fourth-order valence-corrected chi connectivity index (χ4v) is 4.29. The molecule has 0 bridgehead atoms. The van der Waals surface area contributed by atoms with Crippen molar-refractivity contribution in [3.8, 4) is 0 Å². The molecule has 1 aliphatic rings. The van der Waals surface area contributed by atoms with Crippen LogP contribution in [0.3, 0.4) is 0 Å². The SMILES string of the molecule is CCC(=O)Nc1ccc(C)c(NC(=O)c2cccc(S(=O)(=O)NCC3CCCO3)c2)c1. The highest BCUT2D eigenvalue weighted by Gasteiger charge is 2.21. The lowest BCUT2D eigenvalue weighted by molar-refractivity contribution is -0.115. The Bertz CT molecular complexity index is 1060. The van der Waals surface area contributed by atoms with Crippen LogP contribution in [0.4, 0.5) is 11.4 Å². The summed E-state index contributed by atoms with van der Waals surface area (Å²) in [5, 5.41) is 5.54. The molecule has 9 heteroatoms. The number of carbonyl (C=O) groups excluding carboxylic acids is 2. The first kappa shape index (κ1) is 22.9. The zero-order valence-electron chi connectivity index (χ0n) is 17.6. The van der Waals surface area contributed by atoms with Gasteiger partial charge in [-0.3, -0.25) is 9.59 Å². The van der Waals surface area contributed by atoms with E-state index in [1.54, 1.807) is 31.2 Å². The maximum Gasteiger partial charge on any atom is 0.255 e. The third-order valence-corrected chi connectivity index (χ3v) is 6.44. The molecule has 31 heavy (non-hydrogen) atoms. The predicted molar refractivity (Wildman–Crippen MR) is 119 cm³/mol. The van der Waals surface area contributed by atoms with Crippen LogP contribution in [-0.4, -0.2) is 39.5 Å². The number of nitrogens with one attached hydrogen (secondary N) is 3. The molecule has 2 aromatic carbocycles. The summed E-state index contributed by atoms with van der Waals surface area (Å²) in [5.74, 6) is -0.576. The van der Waals surface area contributed by atoms with Crippen molar-refractivity contribution in [2.75, 3.05) is 23.8 Å². The predicted octanol–water partition coefficient (Wildman–Crippen LogP) is 3.05. The largest absolute Gasteiger partial charge is 0.377 e. The van der Waals surface area contributed by atoms with Crippen LogP contribution < -0.4 is 15.4 Å². The van der Waals surface area contributed by atoms with Gasteiger partial charge in [-0.25, -0.2) is 13.1 Å². The van der Waals surface area contributed by atoms with Crippen LogP contribution in [-0.2, 0) is 19.6 Å². The third kappa shape index (κ3) is 6.13. The lowest BCUT2D eigenvalue weighted by Crippen LogP contribution is -2.32. The summed E-state index contributed by atoms with van der Waals surface area (Å²) in [7, 11) is -3.77. The molecule has 8 nitrogen and oxygen atoms in total. The normalized spacial score (nSPS) is 16.1. The van der Waals surface area contributed by atoms with Gasteiger partial charge >= 0.3 is 0 Å². The van der Waals surface area contributed by atoms with Crippen molar-refractivity contribution < 1.29 is 22.7 Å². The van der Waals surface area contributed by atoms with Crippen LogP contribution in [0.15, 0.2) is 47.4 Å². The second-order valence-electron chi connectivity index (χ2n) is 7.40. The Balaban J connectivity index is 1.72. The van der Waals surface area contributed by atoms with Crippen molar-refractivity contribution in [3.63, 3.8) is 0 Å². The quantitative estimate of drug-likeness (QED) is 0.578. The lowest BCUT2D eigenvalue weighted by Gasteiger charge is -2.13. The van der Waals surface area contributed by atoms with Crippen LogP contribution >= 0.6 is 0 Å². The van der Waals surface area contributed by atoms with Crippen molar-refractivity contribution in [2.24, 2.45) is 0 Å². The lowest BCUT2D eigenvalue weighted by atomic mass is 10.1. The summed E-state index contributed by atoms with van der Waals surface area (Å²) in [5.41, 5.74) is 2.12. The van der Waals surface area contributed by atoms with Gasteiger partial charge in [0.25, 0.3) is 5.91 Å². The molecule has 1 atom stereocenters. The molecule has 1 saturated heterocycles. The van der Waals surface area contributed by atoms with E-state index in [0.717, 1.165) is 18.4 Å². The summed E-state index contributed by atoms with van der Waals surface area (Å²) in [6.07, 6.45) is 1.97. The number of ether oxygens (including phenoxy) is 1. The van der Waals surface area contributed by atoms with Gasteiger partial charge < -0.3 is 15.4 Å². The van der Waals surface area contributed by atoms with E-state index in [0.29, 0.717) is 24.4 Å². The van der Waals surface area contributed by atoms with Crippen LogP contribution in [0, 0.1) is 6.92 Å². The first-order valence-corrected chi connectivity index (χ1v) is 11.7. The molecule has 0 radical (unpaired) electrons. The van der Waals surface area contributed by atoms with Gasteiger partial charge in [-0.1, -0.05) is 19.1 Å². The molecule has 0 spiro atoms. The van der Waals surface area contributed by atoms with Crippen LogP contribution in [0.2, 0.25) is 0 Å². The summed E-state index contributed by atoms with van der Waals surface area (Å²) < 4.78 is 33.2. The Kier molecular flexibility index (Phi) is 7.42. The first-order valence-electron chi connectivity index (χ1n) is 10.2. The highest BCUT2D eigenvalue weighted by atomic mass is 32.2. The second kappa shape index (κ2) is 10.0. The highest BCUT2D eigenvalue weighted by Crippen LogP contribution is 2.22. The smallest absolute Gasteiger partial charge is 0.255 e. The number of aryl methyl sites for hydroxylation is 1. The minimum absolute atomic E-state index is 0.0128. The number of anilines is 2. The van der Waals surface area contributed by atoms with Crippen LogP contribution in [0.5, 0.6) is 0 Å². The average molecular weight is 446 g/mol. The molecule has 1 fully saturated rings. The molecule has 0 aromatic heterocycles. The molecule has 3 rings (SSSR count). The molecule has 1 aliphatic heterocycles. The Hall–Kier alpha value is -2.75. The fraction of sp³-hybridized carbons (Fsp3) is 0.364. The first-order chi connectivity index (χ1) is 14.8. The zero-order valence-corrected chi connectivity index (χ0v) is 18.4. The van der Waals surface area contributed by atoms with E-state index in [1.807, 2.05) is 6.92 Å². The Morgan fingerprint density at radius 1 is 1.13 bits per heavy atom. The van der Waals surface area contributed by atoms with Gasteiger partial charge in [0.2, 0.25) is 15.9 Å². The zero-order chi connectivity index (χ0) is 22.4. The van der Waals surface area contributed by atoms with E-state index in [2.05, 4.69) is 15.4 Å². The van der Waals surface area contributed by atoms with Gasteiger partial charge in [0.05, 0.1) is 11.0 Å². The minimum Gasteiger partial charge on any atom is -0.377 e. The van der Waals surface area contributed by atoms with Gasteiger partial charge in [-0.05, 0) is 55.7 Å². The fourth-order valence-electron chi connectivity index (χ4n) is 3.17. The van der Waals surface area contributed by atoms with E-state index < -0.39 is 15.9 Å². The van der Waals surface area contributed by atoms with Gasteiger partial charge in [0, 0.05) is 36.5 Å². The second-order valence-corrected chi connectivity index (χ2v) is 9.17. The number of benzene rings is 2. The molecule has 3 N–H and O–H groups in total. The number of carbonyl (C=O) groups is 2. The number of amides is 2. The van der Waals surface area contributed by atoms with Crippen molar-refractivity contribution in [1.29, 1.82) is 0 Å². The van der Waals surface area contributed by atoms with E-state index in [-0.39, 0.29) is 29.0 Å². The van der Waals surface area contributed by atoms with Crippen molar-refractivity contribution >= 4 is 33.2 Å². The molecular weight excluding hydrogens is 418 g/mol. The Labute approximate surface area is 182 Å². The Morgan fingerprint density at radius 3 is 2.65 bits per heavy atom. The monoisotopic (exact) mass is 445 g/mol. The van der Waals surface area contributed by atoms with E-state index in [9.17, 15) is 18.0 Å². The summed E-state index contributed by atoms with van der Waals surface area (Å²) >= 11 is 0. The van der Waals surface area contributed by atoms with E-state index >= 15 is 0 Å². The van der Waals surface area contributed by atoms with Gasteiger partial charge in [0.15, 0.2) is 0 Å². The van der Waals surface area contributed by atoms with Crippen molar-refractivity contribution in [1.82, 2.24) is 4.72 Å². The topological polar surface area (TPSA) is 114 Å². The molecule has 1 heterocycles. The van der Waals surface area contributed by atoms with E-state index in [1.165, 1.54) is 18.2 Å². The number of hydrogen-bond acceptors (Lipinski definition) is 5. The van der Waals surface area contributed by atoms with Gasteiger partial charge in [0.1, 0.15) is 0 Å². The molecule has 166 valence electrons. The summed E-state index contributed by atoms with van der Waals surface area (Å²) in [6, 6.07) is 11.1. The standard InChI is InChI=1S/C22H27N3O5S/c1-3-21(26)24-17-10-9-15(2)20(13-17)25-22(27)16-6-4-8-19(12-16)31(28,29)23-14-18-7-5-11-30-18/h4,6,8-10,12-13,18,23H,3,5,7,11,14H2,1-2H3,(H,24,26)(H,25,27). The molecule has 2 amide bonds. The summed E-state index contributed by atoms with van der Waals surface area (Å²) in [6.45, 7) is 4.43. The number of sulfonamides is 1. The molecule has 0 aliphatic carbocycles. The van der Waals surface area contributed by atoms with Crippen molar-refractivity contribution in [3.05, 3.63) is 53.6 Å². The molecule has 0 saturated carbocycles. The molecule has 1 unspecified atom stereocenters. The molecular formula is C22H27N3O5S. The number of hydrogen-bond donors (Lipinski definition) is 3. The van der Waals surface area contributed by atoms with Crippen LogP contribution in [0.1, 0.15) is 42.1 Å². The average Bonchev–Trinajstić information content (AvgIpc) is 3.28. The van der Waals surface area contributed by atoms with Gasteiger partial charge in [-0.15, -0.1) is 0 Å². The maximum atomic E-state index is 12.8. The van der Waals surface area contributed by atoms with Gasteiger partial charge in [-0.2, -0.15) is 0 Å². The van der Waals surface area contributed by atoms with Crippen LogP contribution in [0.25, 0.3) is 0 Å². The Morgan fingerprint density at radius 2 is 1.94 bits per heavy atom. The maximum absolute atomic E-state index is 12.8. The summed E-state index contributed by atoms with van der Waals surface area (Å²) in [4.78, 5) is 24.4. The minimum atomic E-state index is -3.77. The highest BCUT2D eigenvalue weighted by molar-refractivity contribution is 7.89. The molecule has 2 aromatic rings. The van der Waals surface area contributed by atoms with E-state index in [4.69, 9.17) is 4.74 Å². The van der Waals surface area contributed by atoms with Crippen molar-refractivity contribution in [2.45, 2.75) is 44.1 Å². The third-order valence-electron chi connectivity index (χ3n) is 5.02. The number of rotatable bonds is 8.